The Morgan fingerprint density at radius 3 is 2.85 bits per heavy atom. The van der Waals surface area contributed by atoms with Crippen molar-refractivity contribution in [3.8, 4) is 0 Å². The second-order valence-corrected chi connectivity index (χ2v) is 6.79. The highest BCUT2D eigenvalue weighted by atomic mass is 17.3. The molecule has 5 fully saturated rings. The smallest absolute Gasteiger partial charge is 0.336 e. The molecule has 5 rings (SSSR count). The Labute approximate surface area is 118 Å². The molecule has 0 radical (unpaired) electrons. The van der Waals surface area contributed by atoms with Gasteiger partial charge in [0, 0.05) is 23.8 Å². The molecule has 2 bridgehead atoms. The molecule has 0 aromatic carbocycles. The van der Waals surface area contributed by atoms with Crippen LogP contribution in [0.25, 0.3) is 0 Å². The maximum Gasteiger partial charge on any atom is 0.336 e. The van der Waals surface area contributed by atoms with E-state index in [4.69, 9.17) is 19.2 Å². The summed E-state index contributed by atoms with van der Waals surface area (Å²) >= 11 is 0. The average Bonchev–Trinajstić information content (AvgIpc) is 2.63. The summed E-state index contributed by atoms with van der Waals surface area (Å²) in [6.45, 7) is 8.00. The molecule has 4 aliphatic heterocycles. The zero-order valence-electron chi connectivity index (χ0n) is 11.9. The first-order chi connectivity index (χ1) is 9.46. The molecule has 5 heteroatoms. The Kier molecular flexibility index (Phi) is 2.46. The highest BCUT2D eigenvalue weighted by Gasteiger charge is 2.69. The van der Waals surface area contributed by atoms with E-state index < -0.39 is 17.7 Å². The number of hydrogen-bond acceptors (Lipinski definition) is 5. The fourth-order valence-electron chi connectivity index (χ4n) is 4.46. The van der Waals surface area contributed by atoms with E-state index in [2.05, 4.69) is 13.5 Å². The van der Waals surface area contributed by atoms with Crippen LogP contribution in [0.15, 0.2) is 12.2 Å². The van der Waals surface area contributed by atoms with Crippen molar-refractivity contribution < 1.29 is 24.0 Å². The molecule has 4 heterocycles. The quantitative estimate of drug-likeness (QED) is 0.387. The van der Waals surface area contributed by atoms with Crippen LogP contribution in [-0.2, 0) is 24.0 Å². The fraction of sp³-hybridized carbons (Fsp3) is 0.800. The fourth-order valence-corrected chi connectivity index (χ4v) is 4.46. The van der Waals surface area contributed by atoms with Crippen molar-refractivity contribution in [3.05, 3.63) is 12.2 Å². The Balaban J connectivity index is 1.86. The molecule has 110 valence electrons. The van der Waals surface area contributed by atoms with Crippen LogP contribution >= 0.6 is 0 Å². The van der Waals surface area contributed by atoms with Crippen molar-refractivity contribution in [1.82, 2.24) is 0 Å². The molecule has 6 atom stereocenters. The Morgan fingerprint density at radius 1 is 1.25 bits per heavy atom. The molecule has 2 unspecified atom stereocenters. The second-order valence-electron chi connectivity index (χ2n) is 6.79. The Bertz CT molecular complexity index is 489. The van der Waals surface area contributed by atoms with Gasteiger partial charge in [0.1, 0.15) is 0 Å². The molecular weight excluding hydrogens is 260 g/mol. The summed E-state index contributed by atoms with van der Waals surface area (Å²) in [5, 5.41) is 0. The summed E-state index contributed by atoms with van der Waals surface area (Å²) in [4.78, 5) is 23.5. The number of esters is 1. The molecule has 1 spiro atoms. The molecule has 1 saturated carbocycles. The Morgan fingerprint density at radius 2 is 2.05 bits per heavy atom. The zero-order valence-corrected chi connectivity index (χ0v) is 11.9. The van der Waals surface area contributed by atoms with E-state index in [1.807, 2.05) is 6.92 Å². The molecule has 0 aromatic heterocycles. The number of carbonyl (C=O) groups excluding carboxylic acids is 1. The Hall–Kier alpha value is -0.910. The highest BCUT2D eigenvalue weighted by Crippen LogP contribution is 2.59. The summed E-state index contributed by atoms with van der Waals surface area (Å²) in [6.07, 6.45) is 2.95. The third-order valence-corrected chi connectivity index (χ3v) is 5.62. The largest absolute Gasteiger partial charge is 0.429 e. The first kappa shape index (κ1) is 12.8. The van der Waals surface area contributed by atoms with Gasteiger partial charge in [0.2, 0.25) is 12.1 Å². The third kappa shape index (κ3) is 1.41. The van der Waals surface area contributed by atoms with Crippen LogP contribution in [0.4, 0.5) is 0 Å². The summed E-state index contributed by atoms with van der Waals surface area (Å²) in [5.41, 5.74) is -0.213. The lowest BCUT2D eigenvalue weighted by Gasteiger charge is -2.56. The van der Waals surface area contributed by atoms with Gasteiger partial charge in [0.25, 0.3) is 0 Å². The first-order valence-electron chi connectivity index (χ1n) is 7.41. The maximum absolute atomic E-state index is 12.0. The summed E-state index contributed by atoms with van der Waals surface area (Å²) in [6, 6.07) is 0. The van der Waals surface area contributed by atoms with Gasteiger partial charge in [-0.1, -0.05) is 13.5 Å². The van der Waals surface area contributed by atoms with Crippen LogP contribution in [-0.4, -0.2) is 23.6 Å². The zero-order chi connectivity index (χ0) is 14.1. The molecule has 5 aliphatic rings. The minimum Gasteiger partial charge on any atom is -0.429 e. The lowest BCUT2D eigenvalue weighted by atomic mass is 9.59. The van der Waals surface area contributed by atoms with Gasteiger partial charge in [-0.05, 0) is 32.1 Å². The number of hydrogen-bond donors (Lipinski definition) is 0. The molecule has 4 saturated heterocycles. The van der Waals surface area contributed by atoms with Crippen molar-refractivity contribution >= 4 is 5.97 Å². The van der Waals surface area contributed by atoms with Crippen molar-refractivity contribution in [1.29, 1.82) is 0 Å². The van der Waals surface area contributed by atoms with Crippen molar-refractivity contribution in [3.63, 3.8) is 0 Å². The van der Waals surface area contributed by atoms with Crippen molar-refractivity contribution in [2.24, 2.45) is 17.8 Å². The monoisotopic (exact) mass is 280 g/mol. The van der Waals surface area contributed by atoms with Gasteiger partial charge in [-0.3, -0.25) is 0 Å². The van der Waals surface area contributed by atoms with E-state index in [-0.39, 0.29) is 17.8 Å². The van der Waals surface area contributed by atoms with E-state index in [0.29, 0.717) is 11.5 Å². The molecule has 20 heavy (non-hydrogen) atoms. The van der Waals surface area contributed by atoms with Gasteiger partial charge in [0.15, 0.2) is 5.60 Å². The van der Waals surface area contributed by atoms with Gasteiger partial charge < -0.3 is 9.47 Å². The molecule has 5 nitrogen and oxygen atoms in total. The normalized spacial score (nSPS) is 54.1. The van der Waals surface area contributed by atoms with E-state index >= 15 is 0 Å². The van der Waals surface area contributed by atoms with E-state index in [1.54, 1.807) is 0 Å². The number of fused-ring (bicyclic) bond motifs is 2. The van der Waals surface area contributed by atoms with Gasteiger partial charge in [0.05, 0.1) is 0 Å². The SMILES string of the molecule is C=C1C(=O)O[C@@H]2OC3(C)CC[C@H]4[C@H](C)CC[C@@H]1C24OO3. The summed E-state index contributed by atoms with van der Waals surface area (Å²) in [5.74, 6) is -0.501. The number of carbonyl (C=O) groups is 1. The van der Waals surface area contributed by atoms with Gasteiger partial charge in [-0.25, -0.2) is 14.6 Å². The second kappa shape index (κ2) is 3.84. The minimum absolute atomic E-state index is 0.0717. The summed E-state index contributed by atoms with van der Waals surface area (Å²) < 4.78 is 11.5. The third-order valence-electron chi connectivity index (χ3n) is 5.62. The molecular formula is C15H20O5. The number of ether oxygens (including phenoxy) is 2. The van der Waals surface area contributed by atoms with Gasteiger partial charge in [-0.2, -0.15) is 0 Å². The molecule has 0 N–H and O–H groups in total. The minimum atomic E-state index is -0.823. The van der Waals surface area contributed by atoms with Crippen molar-refractivity contribution in [2.45, 2.75) is 57.2 Å². The van der Waals surface area contributed by atoms with E-state index in [0.717, 1.165) is 25.7 Å². The first-order valence-corrected chi connectivity index (χ1v) is 7.41. The van der Waals surface area contributed by atoms with E-state index in [1.165, 1.54) is 0 Å². The van der Waals surface area contributed by atoms with Crippen LogP contribution in [0.5, 0.6) is 0 Å². The standard InChI is InChI=1S/C15H20O5/c1-8-4-5-11-9(2)12(16)17-13-15(11)10(8)6-7-14(3,18-13)19-20-15/h8,10-11,13H,2,4-7H2,1,3H3/t8-,10+,11+,13-,14?,15?/m1/s1. The van der Waals surface area contributed by atoms with Crippen LogP contribution < -0.4 is 0 Å². The molecule has 1 aliphatic carbocycles. The topological polar surface area (TPSA) is 54.0 Å². The number of rotatable bonds is 0. The predicted molar refractivity (Wildman–Crippen MR) is 68.0 cm³/mol. The van der Waals surface area contributed by atoms with E-state index in [9.17, 15) is 4.79 Å². The van der Waals surface area contributed by atoms with Gasteiger partial charge >= 0.3 is 5.97 Å². The lowest BCUT2D eigenvalue weighted by Crippen LogP contribution is -2.68. The summed E-state index contributed by atoms with van der Waals surface area (Å²) in [7, 11) is 0. The molecule has 0 amide bonds. The van der Waals surface area contributed by atoms with Crippen LogP contribution in [0.3, 0.4) is 0 Å². The van der Waals surface area contributed by atoms with Crippen LogP contribution in [0.2, 0.25) is 0 Å². The maximum atomic E-state index is 12.0. The average molecular weight is 280 g/mol. The predicted octanol–water partition coefficient (Wildman–Crippen LogP) is 2.32. The van der Waals surface area contributed by atoms with Crippen LogP contribution in [0.1, 0.15) is 39.5 Å². The molecule has 0 aromatic rings. The van der Waals surface area contributed by atoms with Crippen molar-refractivity contribution in [2.75, 3.05) is 0 Å². The van der Waals surface area contributed by atoms with Crippen LogP contribution in [0, 0.1) is 17.8 Å². The highest BCUT2D eigenvalue weighted by molar-refractivity contribution is 5.89. The lowest BCUT2D eigenvalue weighted by molar-refractivity contribution is -0.554. The van der Waals surface area contributed by atoms with Gasteiger partial charge in [-0.15, -0.1) is 0 Å².